The van der Waals surface area contributed by atoms with Gasteiger partial charge in [0, 0.05) is 6.54 Å². The number of nitrogens with one attached hydrogen (secondary N) is 1. The molecule has 0 aromatic carbocycles. The lowest BCUT2D eigenvalue weighted by atomic mass is 10.00. The molecule has 5 heteroatoms. The van der Waals surface area contributed by atoms with Gasteiger partial charge in [-0.05, 0) is 31.7 Å². The average Bonchev–Trinajstić information content (AvgIpc) is 2.95. The van der Waals surface area contributed by atoms with Crippen molar-refractivity contribution in [3.8, 4) is 0 Å². The fourth-order valence-corrected chi connectivity index (χ4v) is 3.43. The summed E-state index contributed by atoms with van der Waals surface area (Å²) in [5.74, 6) is 0.138. The molecule has 1 heterocycles. The van der Waals surface area contributed by atoms with Gasteiger partial charge in [-0.2, -0.15) is 0 Å². The number of likely N-dealkylation sites (tertiary alicyclic amines) is 1. The lowest BCUT2D eigenvalue weighted by Gasteiger charge is -2.21. The van der Waals surface area contributed by atoms with Gasteiger partial charge in [0.2, 0.25) is 11.8 Å². The Labute approximate surface area is 120 Å². The second kappa shape index (κ2) is 6.68. The summed E-state index contributed by atoms with van der Waals surface area (Å²) in [6, 6.07) is 0. The number of aliphatic hydroxyl groups is 1. The minimum absolute atomic E-state index is 0.0644. The normalized spacial score (nSPS) is 30.9. The molecule has 2 rings (SSSR count). The minimum atomic E-state index is -0.671. The number of hydrogen-bond acceptors (Lipinski definition) is 4. The van der Waals surface area contributed by atoms with E-state index in [4.69, 9.17) is 0 Å². The highest BCUT2D eigenvalue weighted by Gasteiger charge is 2.52. The molecule has 114 valence electrons. The van der Waals surface area contributed by atoms with Crippen LogP contribution in [0.2, 0.25) is 0 Å². The van der Waals surface area contributed by atoms with Gasteiger partial charge in [0.15, 0.2) is 0 Å². The van der Waals surface area contributed by atoms with Crippen LogP contribution in [0.4, 0.5) is 0 Å². The first-order valence-corrected chi connectivity index (χ1v) is 7.82. The van der Waals surface area contributed by atoms with Crippen LogP contribution in [-0.2, 0) is 9.59 Å². The predicted molar refractivity (Wildman–Crippen MR) is 75.9 cm³/mol. The van der Waals surface area contributed by atoms with Crippen molar-refractivity contribution in [2.45, 2.75) is 45.6 Å². The van der Waals surface area contributed by atoms with Gasteiger partial charge in [-0.15, -0.1) is 0 Å². The molecule has 0 bridgehead atoms. The molecule has 2 amide bonds. The van der Waals surface area contributed by atoms with E-state index in [2.05, 4.69) is 19.2 Å². The van der Waals surface area contributed by atoms with E-state index in [0.717, 1.165) is 32.2 Å². The molecule has 5 nitrogen and oxygen atoms in total. The molecule has 1 aliphatic carbocycles. The highest BCUT2D eigenvalue weighted by molar-refractivity contribution is 6.05. The number of carbonyl (C=O) groups excluding carboxylic acids is 2. The Balaban J connectivity index is 1.88. The van der Waals surface area contributed by atoms with E-state index in [9.17, 15) is 14.7 Å². The van der Waals surface area contributed by atoms with Gasteiger partial charge in [-0.25, -0.2) is 0 Å². The predicted octanol–water partition coefficient (Wildman–Crippen LogP) is 0.768. The Morgan fingerprint density at radius 1 is 1.25 bits per heavy atom. The second-order valence-corrected chi connectivity index (χ2v) is 6.10. The zero-order chi connectivity index (χ0) is 14.7. The minimum Gasteiger partial charge on any atom is -0.390 e. The van der Waals surface area contributed by atoms with Crippen molar-refractivity contribution in [2.75, 3.05) is 19.6 Å². The molecular formula is C15H26N2O3. The molecule has 0 aromatic rings. The number of nitrogens with zero attached hydrogens (tertiary/aromatic N) is 1. The molecule has 1 aliphatic heterocycles. The number of carbonyl (C=O) groups is 2. The van der Waals surface area contributed by atoms with Crippen molar-refractivity contribution in [1.82, 2.24) is 10.2 Å². The number of rotatable bonds is 7. The number of hydrogen-bond donors (Lipinski definition) is 2. The first kappa shape index (κ1) is 15.4. The van der Waals surface area contributed by atoms with Crippen molar-refractivity contribution in [3.63, 3.8) is 0 Å². The molecule has 0 aromatic heterocycles. The maximum absolute atomic E-state index is 12.3. The highest BCUT2D eigenvalue weighted by atomic mass is 16.3. The van der Waals surface area contributed by atoms with Gasteiger partial charge in [-0.1, -0.05) is 20.3 Å². The van der Waals surface area contributed by atoms with Crippen LogP contribution in [0.1, 0.15) is 39.5 Å². The van der Waals surface area contributed by atoms with Crippen LogP contribution in [0, 0.1) is 17.8 Å². The SMILES string of the molecule is CCCNCC(O)CN1C(=O)C2CC(CC)CC2C1=O. The van der Waals surface area contributed by atoms with Crippen LogP contribution in [0.25, 0.3) is 0 Å². The summed E-state index contributed by atoms with van der Waals surface area (Å²) in [5.41, 5.74) is 0. The molecule has 3 unspecified atom stereocenters. The van der Waals surface area contributed by atoms with E-state index in [1.54, 1.807) is 0 Å². The smallest absolute Gasteiger partial charge is 0.233 e. The van der Waals surface area contributed by atoms with Crippen molar-refractivity contribution in [2.24, 2.45) is 17.8 Å². The number of β-amino-alcohol motifs (C(OH)–C–C–N with tert-alkyl or cyclic N) is 1. The summed E-state index contributed by atoms with van der Waals surface area (Å²) in [4.78, 5) is 25.9. The van der Waals surface area contributed by atoms with E-state index < -0.39 is 6.10 Å². The van der Waals surface area contributed by atoms with Crippen LogP contribution >= 0.6 is 0 Å². The molecule has 0 radical (unpaired) electrons. The largest absolute Gasteiger partial charge is 0.390 e. The fraction of sp³-hybridized carbons (Fsp3) is 0.867. The van der Waals surface area contributed by atoms with Gasteiger partial charge in [-0.3, -0.25) is 14.5 Å². The summed E-state index contributed by atoms with van der Waals surface area (Å²) >= 11 is 0. The monoisotopic (exact) mass is 282 g/mol. The average molecular weight is 282 g/mol. The van der Waals surface area contributed by atoms with Crippen molar-refractivity contribution >= 4 is 11.8 Å². The Hall–Kier alpha value is -0.940. The first-order chi connectivity index (χ1) is 9.58. The van der Waals surface area contributed by atoms with Crippen LogP contribution in [0.15, 0.2) is 0 Å². The third-order valence-corrected chi connectivity index (χ3v) is 4.60. The molecule has 3 atom stereocenters. The summed E-state index contributed by atoms with van der Waals surface area (Å²) < 4.78 is 0. The fourth-order valence-electron chi connectivity index (χ4n) is 3.43. The standard InChI is InChI=1S/C15H26N2O3/c1-3-5-16-8-11(18)9-17-14(19)12-6-10(4-2)7-13(12)15(17)20/h10-13,16,18H,3-9H2,1-2H3. The van der Waals surface area contributed by atoms with Gasteiger partial charge < -0.3 is 10.4 Å². The summed E-state index contributed by atoms with van der Waals surface area (Å²) in [7, 11) is 0. The molecule has 1 saturated carbocycles. The third-order valence-electron chi connectivity index (χ3n) is 4.60. The summed E-state index contributed by atoms with van der Waals surface area (Å²) in [6.07, 6.45) is 3.04. The topological polar surface area (TPSA) is 69.6 Å². The number of amides is 2. The molecule has 1 saturated heterocycles. The molecule has 2 fully saturated rings. The zero-order valence-electron chi connectivity index (χ0n) is 12.5. The van der Waals surface area contributed by atoms with Gasteiger partial charge >= 0.3 is 0 Å². The Kier molecular flexibility index (Phi) is 5.16. The Morgan fingerprint density at radius 3 is 2.35 bits per heavy atom. The van der Waals surface area contributed by atoms with Gasteiger partial charge in [0.05, 0.1) is 24.5 Å². The van der Waals surface area contributed by atoms with Crippen molar-refractivity contribution in [3.05, 3.63) is 0 Å². The van der Waals surface area contributed by atoms with E-state index in [0.29, 0.717) is 12.5 Å². The zero-order valence-corrected chi connectivity index (χ0v) is 12.5. The Morgan fingerprint density at radius 2 is 1.85 bits per heavy atom. The Bertz CT molecular complexity index is 348. The van der Waals surface area contributed by atoms with E-state index in [1.165, 1.54) is 4.90 Å². The van der Waals surface area contributed by atoms with Gasteiger partial charge in [0.25, 0.3) is 0 Å². The summed E-state index contributed by atoms with van der Waals surface area (Å²) in [6.45, 7) is 5.57. The summed E-state index contributed by atoms with van der Waals surface area (Å²) in [5, 5.41) is 13.0. The first-order valence-electron chi connectivity index (χ1n) is 7.82. The maximum atomic E-state index is 12.3. The van der Waals surface area contributed by atoms with E-state index in [1.807, 2.05) is 0 Å². The van der Waals surface area contributed by atoms with E-state index in [-0.39, 0.29) is 30.2 Å². The third kappa shape index (κ3) is 3.04. The highest BCUT2D eigenvalue weighted by Crippen LogP contribution is 2.44. The second-order valence-electron chi connectivity index (χ2n) is 6.10. The van der Waals surface area contributed by atoms with Crippen molar-refractivity contribution < 1.29 is 14.7 Å². The van der Waals surface area contributed by atoms with Crippen LogP contribution in [0.3, 0.4) is 0 Å². The maximum Gasteiger partial charge on any atom is 0.233 e. The number of aliphatic hydroxyl groups excluding tert-OH is 1. The molecule has 2 aliphatic rings. The quantitative estimate of drug-likeness (QED) is 0.534. The molecule has 0 spiro atoms. The van der Waals surface area contributed by atoms with Crippen LogP contribution in [0.5, 0.6) is 0 Å². The van der Waals surface area contributed by atoms with Gasteiger partial charge in [0.1, 0.15) is 0 Å². The molecule has 2 N–H and O–H groups in total. The lowest BCUT2D eigenvalue weighted by Crippen LogP contribution is -2.42. The molecule has 20 heavy (non-hydrogen) atoms. The van der Waals surface area contributed by atoms with Crippen LogP contribution < -0.4 is 5.32 Å². The number of imide groups is 1. The van der Waals surface area contributed by atoms with Crippen LogP contribution in [-0.4, -0.2) is 47.6 Å². The lowest BCUT2D eigenvalue weighted by molar-refractivity contribution is -0.142. The number of fused-ring (bicyclic) bond motifs is 1. The van der Waals surface area contributed by atoms with E-state index >= 15 is 0 Å². The van der Waals surface area contributed by atoms with Crippen molar-refractivity contribution in [1.29, 1.82) is 0 Å². The molecular weight excluding hydrogens is 256 g/mol.